The monoisotopic (exact) mass is 535 g/mol. The van der Waals surface area contributed by atoms with Crippen molar-refractivity contribution in [1.29, 1.82) is 0 Å². The average Bonchev–Trinajstić information content (AvgIpc) is 3.18. The van der Waals surface area contributed by atoms with Crippen molar-refractivity contribution in [1.82, 2.24) is 16.0 Å². The van der Waals surface area contributed by atoms with Crippen molar-refractivity contribution in [3.8, 4) is 0 Å². The van der Waals surface area contributed by atoms with Gasteiger partial charge in [-0.15, -0.1) is 24.0 Å². The second kappa shape index (κ2) is 12.3. The number of hydrogen-bond donors (Lipinski definition) is 3. The van der Waals surface area contributed by atoms with E-state index in [-0.39, 0.29) is 41.8 Å². The Labute approximate surface area is 194 Å². The molecule has 0 spiro atoms. The number of carbonyl (C=O) groups excluding carboxylic acids is 1. The molecule has 1 aliphatic carbocycles. The van der Waals surface area contributed by atoms with Gasteiger partial charge in [0.1, 0.15) is 11.6 Å². The zero-order chi connectivity index (χ0) is 20.6. The fourth-order valence-corrected chi connectivity index (χ4v) is 4.10. The summed E-state index contributed by atoms with van der Waals surface area (Å²) in [4.78, 5) is 18.3. The minimum Gasteiger partial charge on any atom is -0.367 e. The van der Waals surface area contributed by atoms with Crippen LogP contribution in [0, 0.1) is 17.6 Å². The van der Waals surface area contributed by atoms with Gasteiger partial charge < -0.3 is 20.9 Å². The molecule has 30 heavy (non-hydrogen) atoms. The van der Waals surface area contributed by atoms with Crippen LogP contribution in [0.2, 0.25) is 0 Å². The minimum absolute atomic E-state index is 0. The molecule has 1 heterocycles. The number of benzene rings is 1. The highest BCUT2D eigenvalue weighted by atomic mass is 127. The molecule has 3 N–H and O–H groups in total. The van der Waals surface area contributed by atoms with Crippen LogP contribution in [0.15, 0.2) is 23.2 Å². The van der Waals surface area contributed by atoms with Crippen LogP contribution in [-0.4, -0.2) is 51.1 Å². The number of anilines is 1. The summed E-state index contributed by atoms with van der Waals surface area (Å²) in [6.45, 7) is 2.44. The number of aliphatic imine (C=N–C) groups is 1. The quantitative estimate of drug-likeness (QED) is 0.227. The Morgan fingerprint density at radius 1 is 1.13 bits per heavy atom. The predicted molar refractivity (Wildman–Crippen MR) is 126 cm³/mol. The first-order chi connectivity index (χ1) is 14.1. The Hall–Kier alpha value is -1.65. The SMILES string of the molecule is CN=C(NCCNC(=O)C1CCCCC1)NC1CCN(c2ccc(F)cc2F)C1.I. The standard InChI is InChI=1S/C21H31F2N5O.HI/c1-24-21(26-11-10-25-20(29)15-5-3-2-4-6-15)27-17-9-12-28(14-17)19-8-7-16(22)13-18(19)23;/h7-8,13,15,17H,2-6,9-12,14H2,1H3,(H,25,29)(H2,24,26,27);1H. The Balaban J connectivity index is 0.00000320. The first-order valence-electron chi connectivity index (χ1n) is 10.5. The molecule has 3 rings (SSSR count). The molecular formula is C21H32F2IN5O. The number of guanidine groups is 1. The molecule has 1 unspecified atom stereocenters. The van der Waals surface area contributed by atoms with Crippen LogP contribution in [0.1, 0.15) is 38.5 Å². The summed E-state index contributed by atoms with van der Waals surface area (Å²) >= 11 is 0. The molecule has 2 fully saturated rings. The fraction of sp³-hybridized carbons (Fsp3) is 0.619. The molecule has 1 aromatic rings. The maximum atomic E-state index is 14.0. The van der Waals surface area contributed by atoms with E-state index in [1.165, 1.54) is 18.6 Å². The Morgan fingerprint density at radius 3 is 2.57 bits per heavy atom. The van der Waals surface area contributed by atoms with Crippen LogP contribution >= 0.6 is 24.0 Å². The lowest BCUT2D eigenvalue weighted by Gasteiger charge is -2.22. The van der Waals surface area contributed by atoms with E-state index in [0.29, 0.717) is 37.8 Å². The normalized spacial score (nSPS) is 19.9. The Bertz CT molecular complexity index is 727. The third-order valence-electron chi connectivity index (χ3n) is 5.70. The second-order valence-electron chi connectivity index (χ2n) is 7.80. The minimum atomic E-state index is -0.569. The molecule has 1 amide bonds. The molecule has 0 aromatic heterocycles. The van der Waals surface area contributed by atoms with Crippen molar-refractivity contribution in [3.63, 3.8) is 0 Å². The van der Waals surface area contributed by atoms with Crippen molar-refractivity contribution >= 4 is 41.5 Å². The van der Waals surface area contributed by atoms with E-state index in [2.05, 4.69) is 20.9 Å². The molecule has 0 bridgehead atoms. The Kier molecular flexibility index (Phi) is 10.1. The van der Waals surface area contributed by atoms with E-state index in [4.69, 9.17) is 0 Å². The molecule has 1 aromatic carbocycles. The van der Waals surface area contributed by atoms with E-state index in [1.54, 1.807) is 7.05 Å². The largest absolute Gasteiger partial charge is 0.367 e. The lowest BCUT2D eigenvalue weighted by Crippen LogP contribution is -2.47. The lowest BCUT2D eigenvalue weighted by molar-refractivity contribution is -0.125. The zero-order valence-electron chi connectivity index (χ0n) is 17.4. The number of nitrogens with one attached hydrogen (secondary N) is 3. The van der Waals surface area contributed by atoms with Gasteiger partial charge in [0.25, 0.3) is 0 Å². The van der Waals surface area contributed by atoms with Gasteiger partial charge in [-0.25, -0.2) is 8.78 Å². The summed E-state index contributed by atoms with van der Waals surface area (Å²) in [5.41, 5.74) is 0.420. The number of hydrogen-bond acceptors (Lipinski definition) is 3. The summed E-state index contributed by atoms with van der Waals surface area (Å²) in [5, 5.41) is 9.55. The number of halogens is 3. The van der Waals surface area contributed by atoms with Crippen LogP contribution in [0.25, 0.3) is 0 Å². The van der Waals surface area contributed by atoms with Crippen molar-refractivity contribution in [2.24, 2.45) is 10.9 Å². The third kappa shape index (κ3) is 6.95. The molecule has 0 radical (unpaired) electrons. The summed E-state index contributed by atoms with van der Waals surface area (Å²) in [6.07, 6.45) is 6.35. The molecule has 1 saturated carbocycles. The van der Waals surface area contributed by atoms with E-state index in [9.17, 15) is 13.6 Å². The molecule has 6 nitrogen and oxygen atoms in total. The van der Waals surface area contributed by atoms with Crippen molar-refractivity contribution < 1.29 is 13.6 Å². The predicted octanol–water partition coefficient (Wildman–Crippen LogP) is 3.02. The number of nitrogens with zero attached hydrogens (tertiary/aromatic N) is 2. The molecule has 1 aliphatic heterocycles. The van der Waals surface area contributed by atoms with Crippen LogP contribution in [0.5, 0.6) is 0 Å². The van der Waals surface area contributed by atoms with E-state index >= 15 is 0 Å². The third-order valence-corrected chi connectivity index (χ3v) is 5.70. The van der Waals surface area contributed by atoms with Crippen LogP contribution in [-0.2, 0) is 4.79 Å². The fourth-order valence-electron chi connectivity index (χ4n) is 4.10. The molecule has 1 atom stereocenters. The summed E-state index contributed by atoms with van der Waals surface area (Å²) < 4.78 is 27.1. The molecule has 1 saturated heterocycles. The number of rotatable bonds is 6. The highest BCUT2D eigenvalue weighted by Crippen LogP contribution is 2.24. The smallest absolute Gasteiger partial charge is 0.223 e. The van der Waals surface area contributed by atoms with Crippen molar-refractivity contribution in [3.05, 3.63) is 29.8 Å². The molecule has 168 valence electrons. The van der Waals surface area contributed by atoms with Crippen LogP contribution in [0.4, 0.5) is 14.5 Å². The second-order valence-corrected chi connectivity index (χ2v) is 7.80. The van der Waals surface area contributed by atoms with E-state index in [0.717, 1.165) is 38.2 Å². The average molecular weight is 535 g/mol. The molecule has 2 aliphatic rings. The maximum Gasteiger partial charge on any atom is 0.223 e. The van der Waals surface area contributed by atoms with Gasteiger partial charge >= 0.3 is 0 Å². The Morgan fingerprint density at radius 2 is 1.87 bits per heavy atom. The van der Waals surface area contributed by atoms with Gasteiger partial charge in [0, 0.05) is 51.3 Å². The summed E-state index contributed by atoms with van der Waals surface area (Å²) in [7, 11) is 1.70. The van der Waals surface area contributed by atoms with Gasteiger partial charge in [-0.2, -0.15) is 0 Å². The van der Waals surface area contributed by atoms with Crippen molar-refractivity contribution in [2.45, 2.75) is 44.6 Å². The first kappa shape index (κ1) is 24.6. The van der Waals surface area contributed by atoms with Crippen molar-refractivity contribution in [2.75, 3.05) is 38.1 Å². The van der Waals surface area contributed by atoms with E-state index < -0.39 is 11.6 Å². The summed E-state index contributed by atoms with van der Waals surface area (Å²) in [5.74, 6) is -0.134. The maximum absolute atomic E-state index is 14.0. The van der Waals surface area contributed by atoms with Gasteiger partial charge in [0.15, 0.2) is 5.96 Å². The van der Waals surface area contributed by atoms with Gasteiger partial charge in [0.05, 0.1) is 5.69 Å². The van der Waals surface area contributed by atoms with E-state index in [1.807, 2.05) is 4.90 Å². The lowest BCUT2D eigenvalue weighted by atomic mass is 9.89. The number of carbonyl (C=O) groups is 1. The zero-order valence-corrected chi connectivity index (χ0v) is 19.8. The first-order valence-corrected chi connectivity index (χ1v) is 10.5. The topological polar surface area (TPSA) is 68.8 Å². The highest BCUT2D eigenvalue weighted by Gasteiger charge is 2.25. The molecular weight excluding hydrogens is 503 g/mol. The van der Waals surface area contributed by atoms with Gasteiger partial charge in [-0.1, -0.05) is 19.3 Å². The van der Waals surface area contributed by atoms with Gasteiger partial charge in [-0.3, -0.25) is 9.79 Å². The van der Waals surface area contributed by atoms with Crippen LogP contribution in [0.3, 0.4) is 0 Å². The van der Waals surface area contributed by atoms with Gasteiger partial charge in [0.2, 0.25) is 5.91 Å². The summed E-state index contributed by atoms with van der Waals surface area (Å²) in [6, 6.07) is 3.79. The molecule has 9 heteroatoms. The van der Waals surface area contributed by atoms with Gasteiger partial charge in [-0.05, 0) is 31.4 Å². The number of amides is 1. The highest BCUT2D eigenvalue weighted by molar-refractivity contribution is 14.0. The van der Waals surface area contributed by atoms with Crippen LogP contribution < -0.4 is 20.9 Å².